The van der Waals surface area contributed by atoms with Gasteiger partial charge in [-0.3, -0.25) is 10.1 Å². The summed E-state index contributed by atoms with van der Waals surface area (Å²) in [7, 11) is 4.07. The molecule has 0 aliphatic heterocycles. The standard InChI is InChI=1S/C19H24N6O/c1-24(2)13-12-20-16-9-10-17-21-19(23-25(17)14-16)22-18(26)11-8-15-6-4-3-5-7-15/h3-7,9-10,14,20H,8,11-13H2,1-2H3,(H,22,23,26). The Morgan fingerprint density at radius 1 is 1.15 bits per heavy atom. The second-order valence-electron chi connectivity index (χ2n) is 6.42. The van der Waals surface area contributed by atoms with Crippen molar-refractivity contribution in [3.63, 3.8) is 0 Å². The molecule has 2 N–H and O–H groups in total. The predicted octanol–water partition coefficient (Wildman–Crippen LogP) is 2.27. The molecule has 1 aromatic carbocycles. The van der Waals surface area contributed by atoms with Crippen LogP contribution in [0, 0.1) is 0 Å². The first-order valence-corrected chi connectivity index (χ1v) is 8.69. The molecular weight excluding hydrogens is 328 g/mol. The Kier molecular flexibility index (Phi) is 5.80. The fourth-order valence-corrected chi connectivity index (χ4v) is 2.55. The molecule has 0 atom stereocenters. The summed E-state index contributed by atoms with van der Waals surface area (Å²) < 4.78 is 1.67. The number of fused-ring (bicyclic) bond motifs is 1. The van der Waals surface area contributed by atoms with Crippen LogP contribution >= 0.6 is 0 Å². The van der Waals surface area contributed by atoms with Crippen LogP contribution in [0.2, 0.25) is 0 Å². The number of aryl methyl sites for hydroxylation is 1. The second kappa shape index (κ2) is 8.44. The highest BCUT2D eigenvalue weighted by Crippen LogP contribution is 2.12. The van der Waals surface area contributed by atoms with Crippen LogP contribution in [0.25, 0.3) is 5.65 Å². The van der Waals surface area contributed by atoms with Crippen molar-refractivity contribution in [3.05, 3.63) is 54.2 Å². The van der Waals surface area contributed by atoms with Gasteiger partial charge in [0.2, 0.25) is 11.9 Å². The largest absolute Gasteiger partial charge is 0.383 e. The molecule has 0 fully saturated rings. The van der Waals surface area contributed by atoms with Crippen LogP contribution in [-0.4, -0.2) is 52.6 Å². The molecule has 3 rings (SSSR count). The number of carbonyl (C=O) groups is 1. The Labute approximate surface area is 153 Å². The van der Waals surface area contributed by atoms with E-state index in [2.05, 4.69) is 25.6 Å². The maximum Gasteiger partial charge on any atom is 0.249 e. The fourth-order valence-electron chi connectivity index (χ4n) is 2.55. The molecule has 0 unspecified atom stereocenters. The van der Waals surface area contributed by atoms with Gasteiger partial charge in [0.25, 0.3) is 0 Å². The average Bonchev–Trinajstić information content (AvgIpc) is 3.02. The highest BCUT2D eigenvalue weighted by atomic mass is 16.1. The van der Waals surface area contributed by atoms with E-state index >= 15 is 0 Å². The SMILES string of the molecule is CN(C)CCNc1ccc2nc(NC(=O)CCc3ccccc3)nn2c1. The van der Waals surface area contributed by atoms with E-state index in [0.29, 0.717) is 24.4 Å². The Balaban J connectivity index is 1.57. The minimum atomic E-state index is -0.0888. The van der Waals surface area contributed by atoms with Crippen molar-refractivity contribution in [2.75, 3.05) is 37.8 Å². The van der Waals surface area contributed by atoms with E-state index in [0.717, 1.165) is 24.3 Å². The number of benzene rings is 1. The summed E-state index contributed by atoms with van der Waals surface area (Å²) in [5, 5.41) is 10.4. The van der Waals surface area contributed by atoms with Gasteiger partial charge in [-0.15, -0.1) is 5.10 Å². The molecule has 2 aromatic heterocycles. The molecule has 0 spiro atoms. The first kappa shape index (κ1) is 17.9. The lowest BCUT2D eigenvalue weighted by molar-refractivity contribution is -0.116. The Morgan fingerprint density at radius 3 is 2.73 bits per heavy atom. The Hall–Kier alpha value is -2.93. The summed E-state index contributed by atoms with van der Waals surface area (Å²) in [5.41, 5.74) is 2.80. The zero-order valence-corrected chi connectivity index (χ0v) is 15.1. The highest BCUT2D eigenvalue weighted by molar-refractivity contribution is 5.89. The Morgan fingerprint density at radius 2 is 1.96 bits per heavy atom. The van der Waals surface area contributed by atoms with Crippen LogP contribution in [-0.2, 0) is 11.2 Å². The maximum absolute atomic E-state index is 12.1. The van der Waals surface area contributed by atoms with Gasteiger partial charge in [0.1, 0.15) is 0 Å². The molecule has 0 radical (unpaired) electrons. The molecule has 0 saturated heterocycles. The fraction of sp³-hybridized carbons (Fsp3) is 0.316. The molecule has 136 valence electrons. The molecular formula is C19H24N6O. The van der Waals surface area contributed by atoms with Crippen LogP contribution in [0.4, 0.5) is 11.6 Å². The zero-order valence-electron chi connectivity index (χ0n) is 15.1. The van der Waals surface area contributed by atoms with Gasteiger partial charge in [-0.2, -0.15) is 4.98 Å². The topological polar surface area (TPSA) is 74.6 Å². The summed E-state index contributed by atoms with van der Waals surface area (Å²) in [6, 6.07) is 13.8. The quantitative estimate of drug-likeness (QED) is 0.651. The van der Waals surface area contributed by atoms with Gasteiger partial charge in [-0.05, 0) is 38.2 Å². The number of nitrogens with one attached hydrogen (secondary N) is 2. The van der Waals surface area contributed by atoms with Crippen LogP contribution in [0.15, 0.2) is 48.7 Å². The van der Waals surface area contributed by atoms with E-state index in [-0.39, 0.29) is 5.91 Å². The van der Waals surface area contributed by atoms with Gasteiger partial charge >= 0.3 is 0 Å². The van der Waals surface area contributed by atoms with E-state index in [1.54, 1.807) is 4.52 Å². The van der Waals surface area contributed by atoms with Crippen molar-refractivity contribution in [1.29, 1.82) is 0 Å². The van der Waals surface area contributed by atoms with E-state index < -0.39 is 0 Å². The first-order chi connectivity index (χ1) is 12.6. The van der Waals surface area contributed by atoms with Crippen LogP contribution < -0.4 is 10.6 Å². The van der Waals surface area contributed by atoms with Gasteiger partial charge < -0.3 is 10.2 Å². The lowest BCUT2D eigenvalue weighted by atomic mass is 10.1. The maximum atomic E-state index is 12.1. The van der Waals surface area contributed by atoms with Gasteiger partial charge in [0, 0.05) is 19.5 Å². The van der Waals surface area contributed by atoms with Gasteiger partial charge in [-0.25, -0.2) is 4.52 Å². The molecule has 26 heavy (non-hydrogen) atoms. The van der Waals surface area contributed by atoms with Crippen molar-refractivity contribution < 1.29 is 4.79 Å². The highest BCUT2D eigenvalue weighted by Gasteiger charge is 2.08. The lowest BCUT2D eigenvalue weighted by Crippen LogP contribution is -2.20. The molecule has 2 heterocycles. The number of rotatable bonds is 8. The van der Waals surface area contributed by atoms with Crippen molar-refractivity contribution in [3.8, 4) is 0 Å². The number of pyridine rings is 1. The number of aromatic nitrogens is 3. The van der Waals surface area contributed by atoms with Gasteiger partial charge in [0.15, 0.2) is 5.65 Å². The normalized spacial score (nSPS) is 11.0. The summed E-state index contributed by atoms with van der Waals surface area (Å²) in [6.45, 7) is 1.79. The summed E-state index contributed by atoms with van der Waals surface area (Å²) in [6.07, 6.45) is 2.97. The molecule has 3 aromatic rings. The molecule has 0 aliphatic carbocycles. The summed E-state index contributed by atoms with van der Waals surface area (Å²) in [5.74, 6) is 0.239. The number of carbonyl (C=O) groups excluding carboxylic acids is 1. The average molecular weight is 352 g/mol. The third-order valence-corrected chi connectivity index (χ3v) is 3.95. The number of amides is 1. The molecule has 7 nitrogen and oxygen atoms in total. The first-order valence-electron chi connectivity index (χ1n) is 8.69. The number of nitrogens with zero attached hydrogens (tertiary/aromatic N) is 4. The minimum absolute atomic E-state index is 0.0888. The van der Waals surface area contributed by atoms with Gasteiger partial charge in [0.05, 0.1) is 11.9 Å². The van der Waals surface area contributed by atoms with Crippen molar-refractivity contribution in [1.82, 2.24) is 19.5 Å². The van der Waals surface area contributed by atoms with Crippen molar-refractivity contribution in [2.24, 2.45) is 0 Å². The summed E-state index contributed by atoms with van der Waals surface area (Å²) >= 11 is 0. The molecule has 1 amide bonds. The number of hydrogen-bond acceptors (Lipinski definition) is 5. The van der Waals surface area contributed by atoms with E-state index in [1.807, 2.05) is 62.8 Å². The van der Waals surface area contributed by atoms with Crippen molar-refractivity contribution in [2.45, 2.75) is 12.8 Å². The smallest absolute Gasteiger partial charge is 0.249 e. The van der Waals surface area contributed by atoms with E-state index in [4.69, 9.17) is 0 Å². The zero-order chi connectivity index (χ0) is 18.4. The molecule has 7 heteroatoms. The monoisotopic (exact) mass is 352 g/mol. The van der Waals surface area contributed by atoms with E-state index in [9.17, 15) is 4.79 Å². The van der Waals surface area contributed by atoms with Crippen LogP contribution in [0.1, 0.15) is 12.0 Å². The number of anilines is 2. The number of hydrogen-bond donors (Lipinski definition) is 2. The third-order valence-electron chi connectivity index (χ3n) is 3.95. The minimum Gasteiger partial charge on any atom is -0.383 e. The van der Waals surface area contributed by atoms with Crippen LogP contribution in [0.5, 0.6) is 0 Å². The molecule has 0 aliphatic rings. The molecule has 0 saturated carbocycles. The second-order valence-corrected chi connectivity index (χ2v) is 6.42. The third kappa shape index (κ3) is 5.03. The molecule has 0 bridgehead atoms. The lowest BCUT2D eigenvalue weighted by Gasteiger charge is -2.11. The number of likely N-dealkylation sites (N-methyl/N-ethyl adjacent to an activating group) is 1. The van der Waals surface area contributed by atoms with Crippen molar-refractivity contribution >= 4 is 23.2 Å². The Bertz CT molecular complexity index is 859. The summed E-state index contributed by atoms with van der Waals surface area (Å²) in [4.78, 5) is 18.6. The van der Waals surface area contributed by atoms with Crippen LogP contribution in [0.3, 0.4) is 0 Å². The predicted molar refractivity (Wildman–Crippen MR) is 103 cm³/mol. The van der Waals surface area contributed by atoms with Gasteiger partial charge in [-0.1, -0.05) is 30.3 Å². The van der Waals surface area contributed by atoms with E-state index in [1.165, 1.54) is 0 Å².